The van der Waals surface area contributed by atoms with Crippen LogP contribution in [0.5, 0.6) is 0 Å². The monoisotopic (exact) mass is 344 g/mol. The normalized spacial score (nSPS) is 12.8. The van der Waals surface area contributed by atoms with E-state index in [0.29, 0.717) is 0 Å². The van der Waals surface area contributed by atoms with E-state index in [9.17, 15) is 4.79 Å². The zero-order valence-electron chi connectivity index (χ0n) is 12.3. The third-order valence-corrected chi connectivity index (χ3v) is 5.07. The van der Waals surface area contributed by atoms with Crippen molar-refractivity contribution in [2.75, 3.05) is 0 Å². The number of halogens is 1. The summed E-state index contributed by atoms with van der Waals surface area (Å²) in [6.07, 6.45) is 0. The number of imidazole rings is 1. The molecule has 1 unspecified atom stereocenters. The molecule has 21 heavy (non-hydrogen) atoms. The molecule has 0 saturated heterocycles. The van der Waals surface area contributed by atoms with Gasteiger partial charge in [-0.3, -0.25) is 9.13 Å². The van der Waals surface area contributed by atoms with Crippen molar-refractivity contribution in [3.05, 3.63) is 69.6 Å². The first kappa shape index (κ1) is 14.1. The Morgan fingerprint density at radius 2 is 1.67 bits per heavy atom. The minimum Gasteiger partial charge on any atom is -0.295 e. The molecule has 3 rings (SSSR count). The molecule has 4 heteroatoms. The van der Waals surface area contributed by atoms with E-state index < -0.39 is 0 Å². The lowest BCUT2D eigenvalue weighted by Gasteiger charge is -2.14. The number of aromatic nitrogens is 2. The van der Waals surface area contributed by atoms with Crippen LogP contribution in [0.2, 0.25) is 0 Å². The minimum absolute atomic E-state index is 0.00386. The standard InChI is InChI=1S/C17H17BrN2O/c1-11-6-4-5-7-13(11)16(18)12-8-9-14-15(10-12)20(3)17(21)19(14)2/h4-10,16H,1-3H3. The second-order valence-electron chi connectivity index (χ2n) is 5.37. The molecular formula is C17H17BrN2O. The van der Waals surface area contributed by atoms with E-state index in [1.165, 1.54) is 11.1 Å². The van der Waals surface area contributed by atoms with Crippen LogP contribution >= 0.6 is 15.9 Å². The van der Waals surface area contributed by atoms with Crippen LogP contribution in [0.25, 0.3) is 11.0 Å². The Labute approximate surface area is 132 Å². The van der Waals surface area contributed by atoms with E-state index in [0.717, 1.165) is 16.6 Å². The highest BCUT2D eigenvalue weighted by molar-refractivity contribution is 9.09. The van der Waals surface area contributed by atoms with Gasteiger partial charge in [0, 0.05) is 14.1 Å². The Kier molecular flexibility index (Phi) is 3.49. The number of fused-ring (bicyclic) bond motifs is 1. The summed E-state index contributed by atoms with van der Waals surface area (Å²) >= 11 is 3.79. The number of hydrogen-bond donors (Lipinski definition) is 0. The lowest BCUT2D eigenvalue weighted by Crippen LogP contribution is -2.19. The molecule has 3 nitrogen and oxygen atoms in total. The molecule has 0 spiro atoms. The molecule has 0 saturated carbocycles. The van der Waals surface area contributed by atoms with Gasteiger partial charge >= 0.3 is 5.69 Å². The third-order valence-electron chi connectivity index (χ3n) is 4.05. The van der Waals surface area contributed by atoms with Gasteiger partial charge in [-0.25, -0.2) is 4.79 Å². The fourth-order valence-electron chi connectivity index (χ4n) is 2.73. The second-order valence-corrected chi connectivity index (χ2v) is 6.28. The van der Waals surface area contributed by atoms with Gasteiger partial charge in [0.1, 0.15) is 0 Å². The lowest BCUT2D eigenvalue weighted by atomic mass is 10.0. The van der Waals surface area contributed by atoms with Crippen LogP contribution in [0.3, 0.4) is 0 Å². The highest BCUT2D eigenvalue weighted by Gasteiger charge is 2.15. The van der Waals surface area contributed by atoms with Crippen molar-refractivity contribution in [1.82, 2.24) is 9.13 Å². The highest BCUT2D eigenvalue weighted by Crippen LogP contribution is 2.33. The average molecular weight is 345 g/mol. The number of aryl methyl sites for hydroxylation is 3. The fourth-order valence-corrected chi connectivity index (χ4v) is 3.53. The third kappa shape index (κ3) is 2.23. The van der Waals surface area contributed by atoms with Crippen LogP contribution in [-0.4, -0.2) is 9.13 Å². The fraction of sp³-hybridized carbons (Fsp3) is 0.235. The van der Waals surface area contributed by atoms with Crippen LogP contribution in [0.4, 0.5) is 0 Å². The van der Waals surface area contributed by atoms with E-state index in [1.807, 2.05) is 25.2 Å². The molecular weight excluding hydrogens is 328 g/mol. The van der Waals surface area contributed by atoms with Crippen molar-refractivity contribution < 1.29 is 0 Å². The smallest absolute Gasteiger partial charge is 0.295 e. The van der Waals surface area contributed by atoms with Crippen molar-refractivity contribution in [3.63, 3.8) is 0 Å². The Morgan fingerprint density at radius 1 is 1.00 bits per heavy atom. The van der Waals surface area contributed by atoms with Gasteiger partial charge in [0.25, 0.3) is 0 Å². The molecule has 108 valence electrons. The van der Waals surface area contributed by atoms with Crippen LogP contribution in [0, 0.1) is 6.92 Å². The molecule has 0 amide bonds. The van der Waals surface area contributed by atoms with E-state index in [2.05, 4.69) is 47.1 Å². The molecule has 0 bridgehead atoms. The zero-order chi connectivity index (χ0) is 15.1. The van der Waals surface area contributed by atoms with Crippen molar-refractivity contribution >= 4 is 27.0 Å². The van der Waals surface area contributed by atoms with Gasteiger partial charge < -0.3 is 0 Å². The lowest BCUT2D eigenvalue weighted by molar-refractivity contribution is 0.795. The summed E-state index contributed by atoms with van der Waals surface area (Å²) in [7, 11) is 3.61. The van der Waals surface area contributed by atoms with Gasteiger partial charge in [-0.1, -0.05) is 46.3 Å². The summed E-state index contributed by atoms with van der Waals surface area (Å²) in [5, 5.41) is 0. The summed E-state index contributed by atoms with van der Waals surface area (Å²) < 4.78 is 3.37. The van der Waals surface area contributed by atoms with E-state index in [4.69, 9.17) is 0 Å². The van der Waals surface area contributed by atoms with Crippen molar-refractivity contribution in [2.24, 2.45) is 14.1 Å². The molecule has 0 aliphatic rings. The predicted molar refractivity (Wildman–Crippen MR) is 90.1 cm³/mol. The molecule has 3 aromatic rings. The van der Waals surface area contributed by atoms with Crippen LogP contribution < -0.4 is 5.69 Å². The van der Waals surface area contributed by atoms with Crippen LogP contribution in [-0.2, 0) is 14.1 Å². The summed E-state index contributed by atoms with van der Waals surface area (Å²) in [6.45, 7) is 2.11. The Morgan fingerprint density at radius 3 is 2.38 bits per heavy atom. The number of hydrogen-bond acceptors (Lipinski definition) is 1. The van der Waals surface area contributed by atoms with Gasteiger partial charge in [0.2, 0.25) is 0 Å². The number of nitrogens with zero attached hydrogens (tertiary/aromatic N) is 2. The Hall–Kier alpha value is -1.81. The summed E-state index contributed by atoms with van der Waals surface area (Å²) in [4.78, 5) is 12.1. The summed E-state index contributed by atoms with van der Waals surface area (Å²) in [6, 6.07) is 14.5. The van der Waals surface area contributed by atoms with Crippen molar-refractivity contribution in [1.29, 1.82) is 0 Å². The Bertz CT molecular complexity index is 876. The molecule has 2 aromatic carbocycles. The van der Waals surface area contributed by atoms with E-state index in [1.54, 1.807) is 16.2 Å². The molecule has 0 aliphatic heterocycles. The number of rotatable bonds is 2. The maximum atomic E-state index is 12.0. The number of benzene rings is 2. The van der Waals surface area contributed by atoms with Crippen molar-refractivity contribution in [3.8, 4) is 0 Å². The molecule has 0 radical (unpaired) electrons. The topological polar surface area (TPSA) is 26.9 Å². The van der Waals surface area contributed by atoms with Gasteiger partial charge in [0.05, 0.1) is 15.9 Å². The first-order valence-corrected chi connectivity index (χ1v) is 7.77. The molecule has 1 aromatic heterocycles. The number of alkyl halides is 1. The van der Waals surface area contributed by atoms with Gasteiger partial charge in [-0.05, 0) is 35.7 Å². The van der Waals surface area contributed by atoms with Gasteiger partial charge in [-0.2, -0.15) is 0 Å². The van der Waals surface area contributed by atoms with Crippen LogP contribution in [0.1, 0.15) is 21.5 Å². The van der Waals surface area contributed by atoms with Crippen LogP contribution in [0.15, 0.2) is 47.3 Å². The molecule has 0 N–H and O–H groups in total. The maximum absolute atomic E-state index is 12.0. The highest BCUT2D eigenvalue weighted by atomic mass is 79.9. The molecule has 1 atom stereocenters. The SMILES string of the molecule is Cc1ccccc1C(Br)c1ccc2c(c1)n(C)c(=O)n2C. The molecule has 0 fully saturated rings. The maximum Gasteiger partial charge on any atom is 0.328 e. The first-order valence-electron chi connectivity index (χ1n) is 6.85. The molecule has 0 aliphatic carbocycles. The van der Waals surface area contributed by atoms with Gasteiger partial charge in [0.15, 0.2) is 0 Å². The largest absolute Gasteiger partial charge is 0.328 e. The second kappa shape index (κ2) is 5.19. The Balaban J connectivity index is 2.16. The summed E-state index contributed by atoms with van der Waals surface area (Å²) in [5.41, 5.74) is 5.56. The summed E-state index contributed by atoms with van der Waals surface area (Å²) in [5.74, 6) is 0. The first-order chi connectivity index (χ1) is 10.0. The minimum atomic E-state index is 0.00386. The quantitative estimate of drug-likeness (QED) is 0.651. The van der Waals surface area contributed by atoms with Crippen molar-refractivity contribution in [2.45, 2.75) is 11.8 Å². The van der Waals surface area contributed by atoms with Gasteiger partial charge in [-0.15, -0.1) is 0 Å². The van der Waals surface area contributed by atoms with E-state index in [-0.39, 0.29) is 10.5 Å². The predicted octanol–water partition coefficient (Wildman–Crippen LogP) is 3.67. The average Bonchev–Trinajstić information content (AvgIpc) is 2.71. The zero-order valence-corrected chi connectivity index (χ0v) is 13.9. The molecule has 1 heterocycles. The van der Waals surface area contributed by atoms with E-state index >= 15 is 0 Å².